The van der Waals surface area contributed by atoms with E-state index >= 15 is 0 Å². The van der Waals surface area contributed by atoms with E-state index in [4.69, 9.17) is 4.74 Å². The van der Waals surface area contributed by atoms with Crippen LogP contribution in [0, 0.1) is 0 Å². The van der Waals surface area contributed by atoms with Gasteiger partial charge in [-0.1, -0.05) is 31.4 Å². The average molecular weight is 387 g/mol. The topological polar surface area (TPSA) is 79.0 Å². The lowest BCUT2D eigenvalue weighted by molar-refractivity contribution is -0.134. The van der Waals surface area contributed by atoms with Crippen LogP contribution in [0.4, 0.5) is 4.79 Å². The van der Waals surface area contributed by atoms with Gasteiger partial charge in [0, 0.05) is 26.1 Å². The summed E-state index contributed by atoms with van der Waals surface area (Å²) in [4.78, 5) is 40.8. The number of rotatable bonds is 7. The minimum atomic E-state index is -0.730. The van der Waals surface area contributed by atoms with Crippen LogP contribution in [-0.4, -0.2) is 53.4 Å². The molecule has 1 heterocycles. The quantitative estimate of drug-likeness (QED) is 0.730. The third kappa shape index (κ3) is 4.13. The van der Waals surface area contributed by atoms with Gasteiger partial charge in [-0.15, -0.1) is 0 Å². The van der Waals surface area contributed by atoms with E-state index in [1.807, 2.05) is 31.2 Å². The molecule has 1 aromatic carbocycles. The highest BCUT2D eigenvalue weighted by molar-refractivity contribution is 6.07. The maximum Gasteiger partial charge on any atom is 0.325 e. The van der Waals surface area contributed by atoms with Crippen molar-refractivity contribution >= 4 is 17.8 Å². The number of urea groups is 1. The molecule has 152 valence electrons. The van der Waals surface area contributed by atoms with Crippen LogP contribution in [0.25, 0.3) is 0 Å². The Bertz CT molecular complexity index is 726. The molecular weight excluding hydrogens is 358 g/mol. The molecule has 0 radical (unpaired) electrons. The fraction of sp³-hybridized carbons (Fsp3) is 0.571. The van der Waals surface area contributed by atoms with Crippen molar-refractivity contribution in [2.75, 3.05) is 20.2 Å². The van der Waals surface area contributed by atoms with Gasteiger partial charge in [0.05, 0.1) is 7.11 Å². The van der Waals surface area contributed by atoms with Gasteiger partial charge >= 0.3 is 6.03 Å². The van der Waals surface area contributed by atoms with Crippen molar-refractivity contribution in [2.24, 2.45) is 0 Å². The summed E-state index contributed by atoms with van der Waals surface area (Å²) in [6, 6.07) is 7.23. The molecule has 2 aliphatic rings. The Balaban J connectivity index is 1.57. The van der Waals surface area contributed by atoms with E-state index in [0.717, 1.165) is 30.6 Å². The van der Waals surface area contributed by atoms with Crippen LogP contribution < -0.4 is 10.1 Å². The highest BCUT2D eigenvalue weighted by atomic mass is 16.5. The molecule has 2 fully saturated rings. The molecule has 0 bridgehead atoms. The van der Waals surface area contributed by atoms with E-state index in [2.05, 4.69) is 5.32 Å². The lowest BCUT2D eigenvalue weighted by atomic mass is 9.82. The second-order valence-corrected chi connectivity index (χ2v) is 7.54. The number of nitrogens with zero attached hydrogens (tertiary/aromatic N) is 2. The Morgan fingerprint density at radius 3 is 2.46 bits per heavy atom. The van der Waals surface area contributed by atoms with Gasteiger partial charge in [-0.05, 0) is 37.5 Å². The second-order valence-electron chi connectivity index (χ2n) is 7.54. The molecule has 7 nitrogen and oxygen atoms in total. The number of imide groups is 1. The van der Waals surface area contributed by atoms with Crippen LogP contribution in [-0.2, 0) is 16.1 Å². The van der Waals surface area contributed by atoms with Crippen molar-refractivity contribution in [3.8, 4) is 5.75 Å². The monoisotopic (exact) mass is 387 g/mol. The SMILES string of the molecule is CCN(Cc1ccc(OC)cc1)C(=O)CCN1C(=O)NC2(CCCCC2)C1=O. The number of hydrogen-bond donors (Lipinski definition) is 1. The summed E-state index contributed by atoms with van der Waals surface area (Å²) in [6.07, 6.45) is 4.52. The molecule has 1 saturated heterocycles. The summed E-state index contributed by atoms with van der Waals surface area (Å²) in [6.45, 7) is 3.11. The van der Waals surface area contributed by atoms with Gasteiger partial charge in [0.1, 0.15) is 11.3 Å². The number of amides is 4. The van der Waals surface area contributed by atoms with Gasteiger partial charge in [-0.3, -0.25) is 14.5 Å². The van der Waals surface area contributed by atoms with Crippen molar-refractivity contribution in [1.82, 2.24) is 15.1 Å². The zero-order valence-electron chi connectivity index (χ0n) is 16.7. The second kappa shape index (κ2) is 8.63. The third-order valence-electron chi connectivity index (χ3n) is 5.77. The molecule has 4 amide bonds. The van der Waals surface area contributed by atoms with E-state index in [1.54, 1.807) is 12.0 Å². The van der Waals surface area contributed by atoms with Crippen molar-refractivity contribution < 1.29 is 19.1 Å². The highest BCUT2D eigenvalue weighted by Crippen LogP contribution is 2.33. The van der Waals surface area contributed by atoms with E-state index in [0.29, 0.717) is 25.9 Å². The zero-order valence-corrected chi connectivity index (χ0v) is 16.7. The largest absolute Gasteiger partial charge is 0.497 e. The first kappa shape index (κ1) is 20.2. The Morgan fingerprint density at radius 1 is 1.18 bits per heavy atom. The van der Waals surface area contributed by atoms with Crippen LogP contribution in [0.3, 0.4) is 0 Å². The normalized spacial score (nSPS) is 18.3. The fourth-order valence-corrected chi connectivity index (χ4v) is 4.07. The summed E-state index contributed by atoms with van der Waals surface area (Å²) in [7, 11) is 1.62. The molecule has 28 heavy (non-hydrogen) atoms. The summed E-state index contributed by atoms with van der Waals surface area (Å²) in [5.74, 6) is 0.542. The number of nitrogens with one attached hydrogen (secondary N) is 1. The fourth-order valence-electron chi connectivity index (χ4n) is 4.07. The van der Waals surface area contributed by atoms with Crippen LogP contribution >= 0.6 is 0 Å². The number of ether oxygens (including phenoxy) is 1. The minimum Gasteiger partial charge on any atom is -0.497 e. The summed E-state index contributed by atoms with van der Waals surface area (Å²) in [5.41, 5.74) is 0.276. The molecular formula is C21H29N3O4. The Morgan fingerprint density at radius 2 is 1.86 bits per heavy atom. The summed E-state index contributed by atoms with van der Waals surface area (Å²) < 4.78 is 5.16. The molecule has 1 aliphatic carbocycles. The smallest absolute Gasteiger partial charge is 0.325 e. The number of methoxy groups -OCH3 is 1. The maximum absolute atomic E-state index is 12.8. The highest BCUT2D eigenvalue weighted by Gasteiger charge is 2.51. The van der Waals surface area contributed by atoms with Crippen molar-refractivity contribution in [3.63, 3.8) is 0 Å². The molecule has 7 heteroatoms. The number of carbonyl (C=O) groups excluding carboxylic acids is 3. The summed E-state index contributed by atoms with van der Waals surface area (Å²) >= 11 is 0. The minimum absolute atomic E-state index is 0.0662. The predicted molar refractivity (Wildman–Crippen MR) is 105 cm³/mol. The van der Waals surface area contributed by atoms with Gasteiger partial charge in [-0.25, -0.2) is 4.79 Å². The van der Waals surface area contributed by atoms with Gasteiger partial charge in [-0.2, -0.15) is 0 Å². The lowest BCUT2D eigenvalue weighted by Gasteiger charge is -2.30. The summed E-state index contributed by atoms with van der Waals surface area (Å²) in [5, 5.41) is 2.89. The van der Waals surface area contributed by atoms with Gasteiger partial charge in [0.25, 0.3) is 5.91 Å². The van der Waals surface area contributed by atoms with Crippen molar-refractivity contribution in [2.45, 2.75) is 57.5 Å². The van der Waals surface area contributed by atoms with Crippen LogP contribution in [0.15, 0.2) is 24.3 Å². The number of hydrogen-bond acceptors (Lipinski definition) is 4. The molecule has 1 aromatic rings. The average Bonchev–Trinajstić information content (AvgIpc) is 2.94. The molecule has 0 unspecified atom stereocenters. The van der Waals surface area contributed by atoms with E-state index in [-0.39, 0.29) is 30.8 Å². The molecule has 0 aromatic heterocycles. The first-order valence-electron chi connectivity index (χ1n) is 10.0. The molecule has 1 aliphatic heterocycles. The third-order valence-corrected chi connectivity index (χ3v) is 5.77. The Hall–Kier alpha value is -2.57. The number of benzene rings is 1. The van der Waals surface area contributed by atoms with Gasteiger partial charge in [0.2, 0.25) is 5.91 Å². The number of carbonyl (C=O) groups is 3. The van der Waals surface area contributed by atoms with Crippen LogP contribution in [0.1, 0.15) is 51.0 Å². The van der Waals surface area contributed by atoms with Crippen LogP contribution in [0.2, 0.25) is 0 Å². The van der Waals surface area contributed by atoms with Crippen molar-refractivity contribution in [1.29, 1.82) is 0 Å². The Labute approximate surface area is 166 Å². The van der Waals surface area contributed by atoms with Gasteiger partial charge < -0.3 is 15.0 Å². The first-order chi connectivity index (χ1) is 13.5. The predicted octanol–water partition coefficient (Wildman–Crippen LogP) is 2.69. The van der Waals surface area contributed by atoms with E-state index in [9.17, 15) is 14.4 Å². The lowest BCUT2D eigenvalue weighted by Crippen LogP contribution is -2.48. The van der Waals surface area contributed by atoms with E-state index < -0.39 is 5.54 Å². The van der Waals surface area contributed by atoms with Crippen LogP contribution in [0.5, 0.6) is 5.75 Å². The molecule has 1 spiro atoms. The molecule has 1 N–H and O–H groups in total. The van der Waals surface area contributed by atoms with E-state index in [1.165, 1.54) is 4.90 Å². The van der Waals surface area contributed by atoms with Crippen molar-refractivity contribution in [3.05, 3.63) is 29.8 Å². The molecule has 3 rings (SSSR count). The molecule has 0 atom stereocenters. The Kier molecular flexibility index (Phi) is 6.21. The first-order valence-corrected chi connectivity index (χ1v) is 10.0. The van der Waals surface area contributed by atoms with Gasteiger partial charge in [0.15, 0.2) is 0 Å². The molecule has 1 saturated carbocycles. The maximum atomic E-state index is 12.8. The standard InChI is InChI=1S/C21H29N3O4/c1-3-23(15-16-7-9-17(28-2)10-8-16)18(25)11-14-24-19(26)21(22-20(24)27)12-5-4-6-13-21/h7-10H,3-6,11-15H2,1-2H3,(H,22,27). The zero-order chi connectivity index (χ0) is 20.1.